The molecular formula is C16H16Cl3N3O2S. The van der Waals surface area contributed by atoms with Gasteiger partial charge in [0.05, 0.1) is 6.26 Å². The van der Waals surface area contributed by atoms with E-state index >= 15 is 0 Å². The van der Waals surface area contributed by atoms with Crippen molar-refractivity contribution in [3.05, 3.63) is 53.5 Å². The van der Waals surface area contributed by atoms with Crippen LogP contribution in [0, 0.1) is 13.8 Å². The lowest BCUT2D eigenvalue weighted by Crippen LogP contribution is -2.56. The van der Waals surface area contributed by atoms with Gasteiger partial charge in [0.2, 0.25) is 3.79 Å². The van der Waals surface area contributed by atoms with Crippen molar-refractivity contribution in [1.82, 2.24) is 10.6 Å². The van der Waals surface area contributed by atoms with E-state index in [0.717, 1.165) is 16.8 Å². The summed E-state index contributed by atoms with van der Waals surface area (Å²) in [4.78, 5) is 12.1. The zero-order valence-electron chi connectivity index (χ0n) is 13.4. The van der Waals surface area contributed by atoms with E-state index in [9.17, 15) is 4.79 Å². The number of nitrogens with one attached hydrogen (secondary N) is 3. The summed E-state index contributed by atoms with van der Waals surface area (Å²) in [5, 5.41) is 8.56. The lowest BCUT2D eigenvalue weighted by atomic mass is 10.1. The summed E-state index contributed by atoms with van der Waals surface area (Å²) in [7, 11) is 0. The zero-order chi connectivity index (χ0) is 18.6. The third-order valence-corrected chi connectivity index (χ3v) is 4.14. The van der Waals surface area contributed by atoms with E-state index in [0.29, 0.717) is 0 Å². The van der Waals surface area contributed by atoms with Crippen molar-refractivity contribution in [1.29, 1.82) is 0 Å². The number of hydrogen-bond donors (Lipinski definition) is 3. The summed E-state index contributed by atoms with van der Waals surface area (Å²) < 4.78 is 3.18. The molecular weight excluding hydrogens is 405 g/mol. The number of benzene rings is 1. The van der Waals surface area contributed by atoms with Gasteiger partial charge in [0.1, 0.15) is 6.17 Å². The molecule has 134 valence electrons. The summed E-state index contributed by atoms with van der Waals surface area (Å²) in [5.74, 6) is -0.446. The molecule has 5 nitrogen and oxygen atoms in total. The number of alkyl halides is 3. The molecule has 1 heterocycles. The first-order chi connectivity index (χ1) is 11.7. The third-order valence-electron chi connectivity index (χ3n) is 3.26. The van der Waals surface area contributed by atoms with Crippen molar-refractivity contribution in [2.75, 3.05) is 5.32 Å². The number of amides is 1. The molecule has 1 aromatic heterocycles. The molecule has 1 aromatic carbocycles. The summed E-state index contributed by atoms with van der Waals surface area (Å²) >= 11 is 23.1. The van der Waals surface area contributed by atoms with Crippen molar-refractivity contribution < 1.29 is 9.21 Å². The second-order valence-corrected chi connectivity index (χ2v) is 8.12. The lowest BCUT2D eigenvalue weighted by Gasteiger charge is -2.27. The van der Waals surface area contributed by atoms with Crippen molar-refractivity contribution in [2.24, 2.45) is 0 Å². The van der Waals surface area contributed by atoms with Gasteiger partial charge in [0, 0.05) is 5.69 Å². The van der Waals surface area contributed by atoms with Crippen LogP contribution in [0.4, 0.5) is 5.69 Å². The van der Waals surface area contributed by atoms with Gasteiger partial charge in [-0.15, -0.1) is 0 Å². The van der Waals surface area contributed by atoms with Crippen LogP contribution in [-0.2, 0) is 0 Å². The molecule has 25 heavy (non-hydrogen) atoms. The molecule has 1 atom stereocenters. The molecule has 0 radical (unpaired) electrons. The number of thiocarbonyl (C=S) groups is 1. The second kappa shape index (κ2) is 8.27. The van der Waals surface area contributed by atoms with Crippen LogP contribution >= 0.6 is 47.0 Å². The molecule has 2 rings (SSSR count). The van der Waals surface area contributed by atoms with Crippen LogP contribution in [0.2, 0.25) is 0 Å². The van der Waals surface area contributed by atoms with Crippen LogP contribution in [-0.4, -0.2) is 21.0 Å². The Balaban J connectivity index is 2.07. The predicted octanol–water partition coefficient (Wildman–Crippen LogP) is 4.31. The molecule has 0 bridgehead atoms. The quantitative estimate of drug-likeness (QED) is 0.391. The van der Waals surface area contributed by atoms with Crippen molar-refractivity contribution >= 4 is 63.7 Å². The fraction of sp³-hybridized carbons (Fsp3) is 0.250. The molecule has 1 amide bonds. The van der Waals surface area contributed by atoms with Gasteiger partial charge in [0.25, 0.3) is 5.91 Å². The van der Waals surface area contributed by atoms with Crippen LogP contribution in [0.25, 0.3) is 0 Å². The Labute approximate surface area is 166 Å². The maximum Gasteiger partial charge on any atom is 0.288 e. The molecule has 9 heteroatoms. The summed E-state index contributed by atoms with van der Waals surface area (Å²) in [5.41, 5.74) is 2.89. The van der Waals surface area contributed by atoms with E-state index in [4.69, 9.17) is 51.4 Å². The molecule has 3 N–H and O–H groups in total. The van der Waals surface area contributed by atoms with Crippen LogP contribution < -0.4 is 16.0 Å². The highest BCUT2D eigenvalue weighted by molar-refractivity contribution is 7.80. The van der Waals surface area contributed by atoms with Gasteiger partial charge in [0.15, 0.2) is 10.9 Å². The monoisotopic (exact) mass is 419 g/mol. The first kappa shape index (κ1) is 19.8. The van der Waals surface area contributed by atoms with Gasteiger partial charge >= 0.3 is 0 Å². The van der Waals surface area contributed by atoms with Gasteiger partial charge in [-0.2, -0.15) is 0 Å². The van der Waals surface area contributed by atoms with Crippen molar-refractivity contribution in [3.8, 4) is 0 Å². The number of aryl methyl sites for hydroxylation is 2. The second-order valence-electron chi connectivity index (χ2n) is 5.34. The van der Waals surface area contributed by atoms with Crippen LogP contribution in [0.3, 0.4) is 0 Å². The molecule has 0 fully saturated rings. The fourth-order valence-electron chi connectivity index (χ4n) is 1.97. The van der Waals surface area contributed by atoms with Crippen LogP contribution in [0.1, 0.15) is 21.7 Å². The number of furan rings is 1. The maximum absolute atomic E-state index is 12.1. The van der Waals surface area contributed by atoms with E-state index in [2.05, 4.69) is 16.0 Å². The first-order valence-corrected chi connectivity index (χ1v) is 8.77. The minimum atomic E-state index is -1.84. The number of carbonyl (C=O) groups excluding carboxylic acids is 1. The van der Waals surface area contributed by atoms with Crippen LogP contribution in [0.15, 0.2) is 41.0 Å². The number of hydrogen-bond acceptors (Lipinski definition) is 3. The minimum absolute atomic E-state index is 0.0921. The minimum Gasteiger partial charge on any atom is -0.459 e. The topological polar surface area (TPSA) is 66.3 Å². The summed E-state index contributed by atoms with van der Waals surface area (Å²) in [6.45, 7) is 3.91. The van der Waals surface area contributed by atoms with E-state index in [1.807, 2.05) is 32.0 Å². The Morgan fingerprint density at radius 2 is 1.92 bits per heavy atom. The van der Waals surface area contributed by atoms with Gasteiger partial charge in [-0.25, -0.2) is 0 Å². The van der Waals surface area contributed by atoms with Gasteiger partial charge in [-0.3, -0.25) is 4.79 Å². The highest BCUT2D eigenvalue weighted by Crippen LogP contribution is 2.29. The number of carbonyl (C=O) groups is 1. The maximum atomic E-state index is 12.1. The first-order valence-electron chi connectivity index (χ1n) is 7.22. The van der Waals surface area contributed by atoms with Crippen molar-refractivity contribution in [2.45, 2.75) is 23.8 Å². The number of rotatable bonds is 4. The van der Waals surface area contributed by atoms with E-state index in [-0.39, 0.29) is 10.9 Å². The molecule has 0 aliphatic heterocycles. The molecule has 0 aliphatic rings. The average Bonchev–Trinajstić information content (AvgIpc) is 3.03. The smallest absolute Gasteiger partial charge is 0.288 e. The Morgan fingerprint density at radius 1 is 1.20 bits per heavy atom. The standard InChI is InChI=1S/C16H16Cl3N3O2S/c1-9-5-6-10(2)11(8-9)20-15(25)22-14(16(17,18)19)21-13(23)12-4-3-7-24-12/h3-8,14H,1-2H3,(H,21,23)(H2,20,22,25)/t14-/m1/s1. The Morgan fingerprint density at radius 3 is 2.52 bits per heavy atom. The van der Waals surface area contributed by atoms with E-state index < -0.39 is 15.9 Å². The molecule has 0 unspecified atom stereocenters. The molecule has 0 aliphatic carbocycles. The zero-order valence-corrected chi connectivity index (χ0v) is 16.5. The molecule has 0 saturated carbocycles. The summed E-state index contributed by atoms with van der Waals surface area (Å²) in [6.07, 6.45) is 0.305. The van der Waals surface area contributed by atoms with E-state index in [1.54, 1.807) is 6.07 Å². The van der Waals surface area contributed by atoms with Gasteiger partial charge < -0.3 is 20.4 Å². The van der Waals surface area contributed by atoms with Crippen molar-refractivity contribution in [3.63, 3.8) is 0 Å². The Bertz CT molecular complexity index is 760. The lowest BCUT2D eigenvalue weighted by molar-refractivity contribution is 0.0906. The highest BCUT2D eigenvalue weighted by Gasteiger charge is 2.35. The number of anilines is 1. The highest BCUT2D eigenvalue weighted by atomic mass is 35.6. The Hall–Kier alpha value is -1.47. The predicted molar refractivity (Wildman–Crippen MR) is 106 cm³/mol. The largest absolute Gasteiger partial charge is 0.459 e. The molecule has 0 spiro atoms. The normalized spacial score (nSPS) is 12.4. The molecule has 0 saturated heterocycles. The van der Waals surface area contributed by atoms with E-state index in [1.165, 1.54) is 12.3 Å². The van der Waals surface area contributed by atoms with Crippen LogP contribution in [0.5, 0.6) is 0 Å². The number of halogens is 3. The third kappa shape index (κ3) is 5.78. The summed E-state index contributed by atoms with van der Waals surface area (Å²) in [6, 6.07) is 8.97. The SMILES string of the molecule is Cc1ccc(C)c(NC(=S)N[C@@H](NC(=O)c2ccco2)C(Cl)(Cl)Cl)c1. The van der Waals surface area contributed by atoms with Gasteiger partial charge in [-0.1, -0.05) is 46.9 Å². The average molecular weight is 421 g/mol. The van der Waals surface area contributed by atoms with Gasteiger partial charge in [-0.05, 0) is 55.4 Å². The fourth-order valence-corrected chi connectivity index (χ4v) is 2.52. The molecule has 2 aromatic rings. The Kier molecular flexibility index (Phi) is 6.57.